The highest BCUT2D eigenvalue weighted by atomic mass is 16.8. The Morgan fingerprint density at radius 1 is 0.190 bits per heavy atom. The molecule has 11 heterocycles. The van der Waals surface area contributed by atoms with E-state index < -0.39 is 440 Å². The van der Waals surface area contributed by atoms with E-state index in [1.54, 1.807) is 0 Å². The number of aliphatic hydroxyl groups is 30. The fraction of sp³-hybridized carbons (Fsp3) is 0.934. The first kappa shape index (κ1) is 113. The molecule has 11 saturated heterocycles. The third-order valence-corrected chi connectivity index (χ3v) is 25.0. The van der Waals surface area contributed by atoms with Crippen LogP contribution < -0.4 is 26.6 Å². The number of ether oxygens (including phenoxy) is 21. The lowest BCUT2D eigenvalue weighted by molar-refractivity contribution is -0.401. The van der Waals surface area contributed by atoms with E-state index in [4.69, 9.17) is 99.5 Å². The zero-order valence-electron chi connectivity index (χ0n) is 73.6. The summed E-state index contributed by atoms with van der Waals surface area (Å²) in [5, 5.41) is 350. The van der Waals surface area contributed by atoms with Gasteiger partial charge in [0.15, 0.2) is 69.2 Å². The number of hydrogen-bond donors (Lipinski definition) is 35. The van der Waals surface area contributed by atoms with Crippen molar-refractivity contribution in [3.8, 4) is 0 Å². The molecule has 0 aromatic rings. The highest BCUT2D eigenvalue weighted by molar-refractivity contribution is 5.75. The summed E-state index contributed by atoms with van der Waals surface area (Å²) >= 11 is 0. The molecule has 0 saturated carbocycles. The van der Waals surface area contributed by atoms with Crippen LogP contribution in [0, 0.1) is 0 Å². The molecule has 61 nitrogen and oxygen atoms in total. The second-order valence-corrected chi connectivity index (χ2v) is 34.5. The maximum Gasteiger partial charge on any atom is 0.217 e. The predicted octanol–water partition coefficient (Wildman–Crippen LogP) is -24.3. The summed E-state index contributed by atoms with van der Waals surface area (Å²) in [5.74, 6) is -4.89. The Morgan fingerprint density at radius 2 is 0.416 bits per heavy atom. The van der Waals surface area contributed by atoms with E-state index in [9.17, 15) is 177 Å². The van der Waals surface area contributed by atoms with Crippen LogP contribution in [-0.4, -0.2) is 593 Å². The molecule has 0 radical (unpaired) electrons. The van der Waals surface area contributed by atoms with Crippen molar-refractivity contribution >= 4 is 29.5 Å². The molecule has 0 spiro atoms. The summed E-state index contributed by atoms with van der Waals surface area (Å²) in [6.45, 7) is -8.44. The molecular formula is C76H127N5O56. The molecule has 5 amide bonds. The number of rotatable bonds is 36. The molecule has 0 aromatic heterocycles. The van der Waals surface area contributed by atoms with Gasteiger partial charge in [0.05, 0.1) is 72.7 Å². The molecule has 0 aliphatic carbocycles. The van der Waals surface area contributed by atoms with Crippen molar-refractivity contribution in [1.82, 2.24) is 26.6 Å². The predicted molar refractivity (Wildman–Crippen MR) is 420 cm³/mol. The van der Waals surface area contributed by atoms with E-state index in [2.05, 4.69) is 26.6 Å². The molecule has 137 heavy (non-hydrogen) atoms. The molecule has 35 N–H and O–H groups in total. The van der Waals surface area contributed by atoms with Gasteiger partial charge in [0, 0.05) is 34.6 Å². The molecule has 0 bridgehead atoms. The SMILES string of the molecule is CC(=O)N[C@H]1[C@H](O[C@@H]2[C@@H](OC[C@H]3O[C@@H](O[C@H]4[C@H](O)[C@@H](NC(C)=O)[C@H](O[C@H]5[C@H](O)[C@@H](NC(C)=O)C(O)O[C@@H]5CO)O[C@@H]4CO)[C@@H](O)[C@@H](O[C@H]4O[C@H](CO)[C@@H](O)[C@H](O)[C@@H]4O[C@@H]4O[C@H](CO)[C@@H](O)[C@H](O[C@@H]5O[C@H](CO)[C@H](O)[C@H](O)[C@H]5O)[C@H]4NC(C)=O)[C@@H]3O)O[C@H](CO)[C@@H](O[C@@H]3O[C@H](CO)[C@@H](O[C@@H]4O[C@H](CO)[C@H](O)[C@H](O)[C@H]4O)[C@H](O)[C@H]3NC(C)=O)[C@@H]2O)O[C@H](CO)[C@@H](O[C@@H]2O[C@H](CO)[C@H](O)[C@H](O)[C@@H]2O)[C@@H]1O. The van der Waals surface area contributed by atoms with E-state index in [1.165, 1.54) is 0 Å². The normalized spacial score (nSPS) is 48.9. The molecule has 1 unspecified atom stereocenters. The summed E-state index contributed by atoms with van der Waals surface area (Å²) in [4.78, 5) is 65.3. The maximum atomic E-state index is 13.4. The van der Waals surface area contributed by atoms with Gasteiger partial charge in [-0.05, 0) is 0 Å². The van der Waals surface area contributed by atoms with Crippen LogP contribution >= 0.6 is 0 Å². The molecule has 0 aromatic carbocycles. The Balaban J connectivity index is 0.983. The zero-order chi connectivity index (χ0) is 101. The van der Waals surface area contributed by atoms with Crippen LogP contribution in [0.2, 0.25) is 0 Å². The van der Waals surface area contributed by atoms with E-state index in [1.807, 2.05) is 0 Å². The number of aliphatic hydroxyl groups excluding tert-OH is 30. The van der Waals surface area contributed by atoms with E-state index in [0.29, 0.717) is 0 Å². The molecule has 11 rings (SSSR count). The Bertz CT molecular complexity index is 3780. The molecule has 11 aliphatic rings. The number of nitrogens with one attached hydrogen (secondary N) is 5. The van der Waals surface area contributed by atoms with Gasteiger partial charge in [0.25, 0.3) is 0 Å². The third kappa shape index (κ3) is 25.0. The van der Waals surface area contributed by atoms with Crippen LogP contribution in [0.4, 0.5) is 0 Å². The summed E-state index contributed by atoms with van der Waals surface area (Å²) in [7, 11) is 0. The molecule has 11 fully saturated rings. The average molecular weight is 2010 g/mol. The minimum atomic E-state index is -2.71. The van der Waals surface area contributed by atoms with Gasteiger partial charge in [0.2, 0.25) is 29.5 Å². The van der Waals surface area contributed by atoms with Gasteiger partial charge in [-0.25, -0.2) is 0 Å². The molecule has 792 valence electrons. The topological polar surface area (TPSA) is 946 Å². The minimum Gasteiger partial charge on any atom is -0.394 e. The van der Waals surface area contributed by atoms with Gasteiger partial charge in [-0.15, -0.1) is 0 Å². The van der Waals surface area contributed by atoms with Crippen LogP contribution in [0.15, 0.2) is 0 Å². The van der Waals surface area contributed by atoms with Crippen LogP contribution in [0.1, 0.15) is 34.6 Å². The number of hydrogen-bond acceptors (Lipinski definition) is 56. The molecule has 61 heteroatoms. The Labute approximate surface area is 775 Å². The Kier molecular flexibility index (Phi) is 40.7. The van der Waals surface area contributed by atoms with Crippen molar-refractivity contribution in [2.75, 3.05) is 72.7 Å². The van der Waals surface area contributed by atoms with E-state index in [-0.39, 0.29) is 0 Å². The summed E-state index contributed by atoms with van der Waals surface area (Å²) < 4.78 is 126. The van der Waals surface area contributed by atoms with Gasteiger partial charge < -0.3 is 279 Å². The van der Waals surface area contributed by atoms with Gasteiger partial charge in [0.1, 0.15) is 268 Å². The lowest BCUT2D eigenvalue weighted by Crippen LogP contribution is -2.71. The number of amides is 5. The summed E-state index contributed by atoms with van der Waals surface area (Å²) in [5.41, 5.74) is 0. The third-order valence-electron chi connectivity index (χ3n) is 25.0. The quantitative estimate of drug-likeness (QED) is 0.0277. The van der Waals surface area contributed by atoms with Crippen molar-refractivity contribution in [2.24, 2.45) is 0 Å². The van der Waals surface area contributed by atoms with Gasteiger partial charge >= 0.3 is 0 Å². The second kappa shape index (κ2) is 49.5. The summed E-state index contributed by atoms with van der Waals surface area (Å²) in [6.07, 6.45) is -109. The standard InChI is InChI=1S/C76H127N5O56/c1-17(92)77-33-44(103)57(27(11-87)118-66(33)116)129-67-34(78-18(2)93)46(105)60(30(14-90)124-67)133-74-56(115)63(135-76-64(51(110)41(100)25(9-85)123-76)136-70-37(81-21(5)96)62(42(101)26(10-86)119-70)134-73-54(113)50(109)40(99)24(8-84)122-73)43(102)32(128-74)16-117-75-65(137-69-36(80-20(4)95)47(106)59(29(13-89)126-69)132-72-53(112)49(108)39(98)23(7-83)121-72)55(114)61(31(15-91)127-75)130-68-35(79-19(3)94)45(104)58(28(12-88)125-68)131-71-52(111)48(107)38(97)22(6-82)120-71/h22-76,82-91,97-116H,6-16H2,1-5H3,(H,77,92)(H,78,93)(H,79,94)(H,80,95)(H,81,96)/t22-,23-,24-,25-,26-,27-,28-,29-,30-,31-,32-,33-,34-,35-,36-,37-,38+,39+,40+,41-,42-,43-,44-,45-,46-,47-,48+,49+,50+,51+,52-,53+,54-,55+,56+,57-,58-,59-,60-,61-,62-,63+,64+,65+,66?,67+,68+,69+,70+,71+,72+,73+,74+,75+,76-/m1/s1. The van der Waals surface area contributed by atoms with Crippen molar-refractivity contribution in [2.45, 2.75) is 372 Å². The summed E-state index contributed by atoms with van der Waals surface area (Å²) in [6, 6.07) is -9.87. The van der Waals surface area contributed by atoms with E-state index >= 15 is 0 Å². The first-order chi connectivity index (χ1) is 64.9. The zero-order valence-corrected chi connectivity index (χ0v) is 73.6. The monoisotopic (exact) mass is 2010 g/mol. The fourth-order valence-electron chi connectivity index (χ4n) is 17.8. The van der Waals surface area contributed by atoms with Crippen LogP contribution in [0.5, 0.6) is 0 Å². The van der Waals surface area contributed by atoms with Crippen molar-refractivity contribution in [3.05, 3.63) is 0 Å². The van der Waals surface area contributed by atoms with Gasteiger partial charge in [-0.2, -0.15) is 0 Å². The highest BCUT2D eigenvalue weighted by Gasteiger charge is 2.63. The van der Waals surface area contributed by atoms with Crippen molar-refractivity contribution in [3.63, 3.8) is 0 Å². The molecular weight excluding hydrogens is 1880 g/mol. The van der Waals surface area contributed by atoms with Crippen molar-refractivity contribution < 1.29 is 277 Å². The first-order valence-corrected chi connectivity index (χ1v) is 43.7. The maximum absolute atomic E-state index is 13.4. The smallest absolute Gasteiger partial charge is 0.217 e. The largest absolute Gasteiger partial charge is 0.394 e. The molecule has 55 atom stereocenters. The lowest BCUT2D eigenvalue weighted by Gasteiger charge is -2.52. The van der Waals surface area contributed by atoms with Crippen LogP contribution in [-0.2, 0) is 123 Å². The van der Waals surface area contributed by atoms with Crippen LogP contribution in [0.25, 0.3) is 0 Å². The highest BCUT2D eigenvalue weighted by Crippen LogP contribution is 2.42. The van der Waals surface area contributed by atoms with E-state index in [0.717, 1.165) is 34.6 Å². The van der Waals surface area contributed by atoms with Gasteiger partial charge in [-0.3, -0.25) is 24.0 Å². The van der Waals surface area contributed by atoms with Gasteiger partial charge in [-0.1, -0.05) is 0 Å². The Hall–Kier alpha value is -4.69. The lowest BCUT2D eigenvalue weighted by atomic mass is 9.93. The van der Waals surface area contributed by atoms with Crippen LogP contribution in [0.3, 0.4) is 0 Å². The number of carbonyl (C=O) groups excluding carboxylic acids is 5. The number of carbonyl (C=O) groups is 5. The second-order valence-electron chi connectivity index (χ2n) is 34.5. The fourth-order valence-corrected chi connectivity index (χ4v) is 17.8. The Morgan fingerprint density at radius 3 is 0.774 bits per heavy atom. The molecule has 11 aliphatic heterocycles. The van der Waals surface area contributed by atoms with Crippen molar-refractivity contribution in [1.29, 1.82) is 0 Å². The average Bonchev–Trinajstić information content (AvgIpc) is 0.773. The first-order valence-electron chi connectivity index (χ1n) is 43.7. The minimum absolute atomic E-state index is 0.829.